The van der Waals surface area contributed by atoms with E-state index in [1.165, 1.54) is 5.92 Å². The molecule has 0 rings (SSSR count). The summed E-state index contributed by atoms with van der Waals surface area (Å²) in [6, 6.07) is 0. The van der Waals surface area contributed by atoms with Crippen LogP contribution in [0.4, 0.5) is 8.78 Å². The molecule has 0 aromatic rings. The molecule has 0 saturated carbocycles. The Hall–Kier alpha value is 0.964. The zero-order chi connectivity index (χ0) is 8.91. The average molecular weight is 252 g/mol. The largest absolute Gasteiger partial charge is 0.314 e. The van der Waals surface area contributed by atoms with Crippen LogP contribution in [0, 0.1) is 5.92 Å². The Morgan fingerprint density at radius 3 is 1.83 bits per heavy atom. The molecule has 0 aliphatic heterocycles. The maximum atomic E-state index is 12.3. The first kappa shape index (κ1) is 15.4. The molecule has 0 nitrogen and oxygen atoms in total. The first-order chi connectivity index (χ1) is 4.99. The van der Waals surface area contributed by atoms with Crippen LogP contribution in [0.1, 0.15) is 46.5 Å². The summed E-state index contributed by atoms with van der Waals surface area (Å²) in [4.78, 5) is 0. The van der Waals surface area contributed by atoms with E-state index in [9.17, 15) is 8.78 Å². The molecule has 0 saturated heterocycles. The predicted molar refractivity (Wildman–Crippen MR) is 43.7 cm³/mol. The molecule has 0 heterocycles. The molecule has 0 aromatic carbocycles. The minimum Gasteiger partial charge on any atom is -0.314 e. The van der Waals surface area contributed by atoms with Crippen molar-refractivity contribution >= 4 is 0 Å². The van der Waals surface area contributed by atoms with Crippen LogP contribution in [-0.2, 0) is 32.7 Å². The predicted octanol–water partition coefficient (Wildman–Crippen LogP) is 3.81. The van der Waals surface area contributed by atoms with Gasteiger partial charge in [0.15, 0.2) is 0 Å². The standard InChI is InChI=1S/C9H17F2.Y/c1-4-8(5-2)6-7-9(3,10)11;/h4-7H2,1-3H3;/q-1;. The van der Waals surface area contributed by atoms with E-state index in [-0.39, 0.29) is 39.1 Å². The quantitative estimate of drug-likeness (QED) is 0.652. The molecule has 1 radical (unpaired) electrons. The van der Waals surface area contributed by atoms with Crippen molar-refractivity contribution in [3.63, 3.8) is 0 Å². The van der Waals surface area contributed by atoms with Crippen molar-refractivity contribution < 1.29 is 41.5 Å². The van der Waals surface area contributed by atoms with Crippen LogP contribution in [-0.4, -0.2) is 5.92 Å². The third-order valence-corrected chi connectivity index (χ3v) is 1.92. The van der Waals surface area contributed by atoms with E-state index in [1.54, 1.807) is 0 Å². The molecule has 0 bridgehead atoms. The van der Waals surface area contributed by atoms with Crippen LogP contribution in [0.25, 0.3) is 0 Å². The normalized spacial score (nSPS) is 11.5. The topological polar surface area (TPSA) is 0 Å². The maximum Gasteiger partial charge on any atom is 0.243 e. The van der Waals surface area contributed by atoms with E-state index in [2.05, 4.69) is 0 Å². The van der Waals surface area contributed by atoms with Crippen molar-refractivity contribution in [1.29, 1.82) is 0 Å². The van der Waals surface area contributed by atoms with Crippen LogP contribution >= 0.6 is 0 Å². The second-order valence-corrected chi connectivity index (χ2v) is 3.03. The number of hydrogen-bond acceptors (Lipinski definition) is 0. The zero-order valence-electron chi connectivity index (χ0n) is 8.16. The van der Waals surface area contributed by atoms with Gasteiger partial charge in [-0.05, 0) is 13.3 Å². The number of rotatable bonds is 5. The van der Waals surface area contributed by atoms with Gasteiger partial charge in [-0.15, -0.1) is 0 Å². The fourth-order valence-electron chi connectivity index (χ4n) is 1.000. The van der Waals surface area contributed by atoms with Gasteiger partial charge in [0.2, 0.25) is 5.92 Å². The molecule has 12 heavy (non-hydrogen) atoms. The van der Waals surface area contributed by atoms with Crippen molar-refractivity contribution in [2.75, 3.05) is 0 Å². The van der Waals surface area contributed by atoms with Gasteiger partial charge in [0.05, 0.1) is 0 Å². The molecule has 0 amide bonds. The smallest absolute Gasteiger partial charge is 0.243 e. The molecule has 0 aliphatic rings. The first-order valence-electron chi connectivity index (χ1n) is 4.21. The van der Waals surface area contributed by atoms with Crippen molar-refractivity contribution in [3.8, 4) is 0 Å². The van der Waals surface area contributed by atoms with Gasteiger partial charge >= 0.3 is 0 Å². The third-order valence-electron chi connectivity index (χ3n) is 1.92. The summed E-state index contributed by atoms with van der Waals surface area (Å²) in [7, 11) is 0. The molecule has 71 valence electrons. The van der Waals surface area contributed by atoms with Crippen LogP contribution in [0.5, 0.6) is 0 Å². The van der Waals surface area contributed by atoms with Gasteiger partial charge < -0.3 is 5.92 Å². The van der Waals surface area contributed by atoms with E-state index in [4.69, 9.17) is 0 Å². The molecular formula is C9H17F2Y-. The number of halogens is 2. The monoisotopic (exact) mass is 252 g/mol. The zero-order valence-corrected chi connectivity index (χ0v) is 11.0. The van der Waals surface area contributed by atoms with Gasteiger partial charge in [0.1, 0.15) is 0 Å². The third kappa shape index (κ3) is 9.06. The molecule has 0 aromatic heterocycles. The molecule has 0 N–H and O–H groups in total. The Balaban J connectivity index is 0. The Bertz CT molecular complexity index is 95.2. The van der Waals surface area contributed by atoms with Crippen LogP contribution in [0.3, 0.4) is 0 Å². The minimum absolute atomic E-state index is 0. The fraction of sp³-hybridized carbons (Fsp3) is 0.889. The summed E-state index contributed by atoms with van der Waals surface area (Å²) in [5, 5.41) is 0. The van der Waals surface area contributed by atoms with E-state index in [0.717, 1.165) is 19.8 Å². The van der Waals surface area contributed by atoms with Crippen molar-refractivity contribution in [3.05, 3.63) is 5.92 Å². The molecule has 0 fully saturated rings. The van der Waals surface area contributed by atoms with Crippen molar-refractivity contribution in [2.24, 2.45) is 0 Å². The van der Waals surface area contributed by atoms with Gasteiger partial charge in [0, 0.05) is 32.7 Å². The second-order valence-electron chi connectivity index (χ2n) is 3.03. The summed E-state index contributed by atoms with van der Waals surface area (Å²) < 4.78 is 24.7. The first-order valence-corrected chi connectivity index (χ1v) is 4.21. The SMILES string of the molecule is CC[C-](CC)CCC(C)(F)F.[Y]. The van der Waals surface area contributed by atoms with E-state index in [1.807, 2.05) is 13.8 Å². The van der Waals surface area contributed by atoms with Gasteiger partial charge in [-0.1, -0.05) is 13.8 Å². The molecule has 0 unspecified atom stereocenters. The van der Waals surface area contributed by atoms with Crippen LogP contribution in [0.2, 0.25) is 0 Å². The average Bonchev–Trinajstić information content (AvgIpc) is 1.88. The van der Waals surface area contributed by atoms with Gasteiger partial charge in [-0.25, -0.2) is 8.78 Å². The fourth-order valence-corrected chi connectivity index (χ4v) is 1.000. The van der Waals surface area contributed by atoms with Crippen molar-refractivity contribution in [1.82, 2.24) is 0 Å². The van der Waals surface area contributed by atoms with Crippen molar-refractivity contribution in [2.45, 2.75) is 52.4 Å². The van der Waals surface area contributed by atoms with E-state index >= 15 is 0 Å². The van der Waals surface area contributed by atoms with Gasteiger partial charge in [-0.3, -0.25) is 0 Å². The Kier molecular flexibility index (Phi) is 9.49. The maximum absolute atomic E-state index is 12.3. The van der Waals surface area contributed by atoms with E-state index < -0.39 is 5.92 Å². The van der Waals surface area contributed by atoms with Gasteiger partial charge in [0.25, 0.3) is 0 Å². The minimum atomic E-state index is -2.49. The number of hydrogen-bond donors (Lipinski definition) is 0. The summed E-state index contributed by atoms with van der Waals surface area (Å²) in [6.45, 7) is 5.02. The van der Waals surface area contributed by atoms with Gasteiger partial charge in [-0.2, -0.15) is 19.3 Å². The second kappa shape index (κ2) is 7.38. The summed E-state index contributed by atoms with van der Waals surface area (Å²) >= 11 is 0. The number of alkyl halides is 2. The summed E-state index contributed by atoms with van der Waals surface area (Å²) in [5.74, 6) is -1.25. The molecule has 0 spiro atoms. The molecular weight excluding hydrogens is 235 g/mol. The molecule has 0 aliphatic carbocycles. The summed E-state index contributed by atoms with van der Waals surface area (Å²) in [5.41, 5.74) is 0. The molecule has 0 atom stereocenters. The Morgan fingerprint density at radius 1 is 1.17 bits per heavy atom. The van der Waals surface area contributed by atoms with E-state index in [0.29, 0.717) is 6.42 Å². The van der Waals surface area contributed by atoms with Crippen LogP contribution < -0.4 is 0 Å². The van der Waals surface area contributed by atoms with Crippen LogP contribution in [0.15, 0.2) is 0 Å². The summed E-state index contributed by atoms with van der Waals surface area (Å²) in [6.07, 6.45) is 2.46. The molecule has 3 heteroatoms. The Morgan fingerprint density at radius 2 is 1.58 bits per heavy atom. The Labute approximate surface area is 99.4 Å².